The van der Waals surface area contributed by atoms with Crippen LogP contribution in [0.15, 0.2) is 0 Å². The van der Waals surface area contributed by atoms with Crippen LogP contribution in [0.5, 0.6) is 0 Å². The molecule has 0 aromatic carbocycles. The molecule has 3 nitrogen and oxygen atoms in total. The minimum Gasteiger partial charge on any atom is -0.469 e. The number of carbonyl (C=O) groups is 1. The first kappa shape index (κ1) is 8.53. The molecular formula is C8H15NO2. The van der Waals surface area contributed by atoms with Gasteiger partial charge >= 0.3 is 5.97 Å². The van der Waals surface area contributed by atoms with Gasteiger partial charge in [0.1, 0.15) is 0 Å². The normalized spacial score (nSPS) is 30.4. The third-order valence-corrected chi connectivity index (χ3v) is 2.26. The zero-order valence-corrected chi connectivity index (χ0v) is 6.88. The number of esters is 1. The first-order chi connectivity index (χ1) is 5.22. The highest BCUT2D eigenvalue weighted by atomic mass is 16.5. The maximum Gasteiger partial charge on any atom is 0.305 e. The van der Waals surface area contributed by atoms with E-state index in [-0.39, 0.29) is 5.97 Å². The van der Waals surface area contributed by atoms with Crippen LogP contribution in [0, 0.1) is 5.92 Å². The lowest BCUT2D eigenvalue weighted by atomic mass is 10.0. The zero-order valence-electron chi connectivity index (χ0n) is 6.88. The summed E-state index contributed by atoms with van der Waals surface area (Å²) in [6.45, 7) is 0. The van der Waals surface area contributed by atoms with E-state index in [1.165, 1.54) is 7.11 Å². The maximum absolute atomic E-state index is 10.8. The summed E-state index contributed by atoms with van der Waals surface area (Å²) >= 11 is 0. The Morgan fingerprint density at radius 1 is 1.64 bits per heavy atom. The third kappa shape index (κ3) is 2.50. The van der Waals surface area contributed by atoms with Crippen molar-refractivity contribution in [1.82, 2.24) is 0 Å². The fraction of sp³-hybridized carbons (Fsp3) is 0.875. The minimum atomic E-state index is -0.107. The van der Waals surface area contributed by atoms with Gasteiger partial charge < -0.3 is 10.5 Å². The van der Waals surface area contributed by atoms with Crippen LogP contribution in [-0.2, 0) is 9.53 Å². The van der Waals surface area contributed by atoms with Crippen LogP contribution in [0.1, 0.15) is 25.7 Å². The second-order valence-electron chi connectivity index (χ2n) is 3.22. The summed E-state index contributed by atoms with van der Waals surface area (Å²) in [5.41, 5.74) is 5.69. The van der Waals surface area contributed by atoms with Crippen molar-refractivity contribution >= 4 is 5.97 Å². The number of hydrogen-bond donors (Lipinski definition) is 1. The van der Waals surface area contributed by atoms with Gasteiger partial charge in [-0.2, -0.15) is 0 Å². The van der Waals surface area contributed by atoms with Crippen molar-refractivity contribution in [3.8, 4) is 0 Å². The van der Waals surface area contributed by atoms with Crippen LogP contribution in [0.2, 0.25) is 0 Å². The molecule has 0 heterocycles. The molecule has 1 saturated carbocycles. The Morgan fingerprint density at radius 2 is 2.36 bits per heavy atom. The summed E-state index contributed by atoms with van der Waals surface area (Å²) in [6.07, 6.45) is 3.66. The molecule has 0 amide bonds. The number of carbonyl (C=O) groups excluding carboxylic acids is 1. The molecule has 0 radical (unpaired) electrons. The molecule has 0 aromatic heterocycles. The number of rotatable bonds is 2. The van der Waals surface area contributed by atoms with Crippen LogP contribution in [0.25, 0.3) is 0 Å². The summed E-state index contributed by atoms with van der Waals surface area (Å²) in [5, 5.41) is 0. The van der Waals surface area contributed by atoms with Crippen LogP contribution in [-0.4, -0.2) is 19.1 Å². The van der Waals surface area contributed by atoms with E-state index < -0.39 is 0 Å². The Balaban J connectivity index is 2.23. The zero-order chi connectivity index (χ0) is 8.27. The van der Waals surface area contributed by atoms with E-state index in [2.05, 4.69) is 4.74 Å². The smallest absolute Gasteiger partial charge is 0.305 e. The highest BCUT2D eigenvalue weighted by molar-refractivity contribution is 5.69. The lowest BCUT2D eigenvalue weighted by Gasteiger charge is -2.06. The maximum atomic E-state index is 10.8. The van der Waals surface area contributed by atoms with E-state index in [9.17, 15) is 4.79 Å². The molecule has 1 aliphatic carbocycles. The van der Waals surface area contributed by atoms with Crippen molar-refractivity contribution in [2.45, 2.75) is 31.7 Å². The monoisotopic (exact) mass is 157 g/mol. The largest absolute Gasteiger partial charge is 0.469 e. The topological polar surface area (TPSA) is 52.3 Å². The van der Waals surface area contributed by atoms with Crippen molar-refractivity contribution in [3.63, 3.8) is 0 Å². The predicted octanol–water partition coefficient (Wildman–Crippen LogP) is 0.677. The summed E-state index contributed by atoms with van der Waals surface area (Å²) in [5.74, 6) is 0.363. The van der Waals surface area contributed by atoms with Gasteiger partial charge in [-0.15, -0.1) is 0 Å². The van der Waals surface area contributed by atoms with Crippen molar-refractivity contribution in [1.29, 1.82) is 0 Å². The van der Waals surface area contributed by atoms with Gasteiger partial charge in [0.05, 0.1) is 7.11 Å². The molecule has 3 heteroatoms. The summed E-state index contributed by atoms with van der Waals surface area (Å²) in [7, 11) is 1.43. The highest BCUT2D eigenvalue weighted by Crippen LogP contribution is 2.26. The Bertz CT molecular complexity index is 147. The standard InChI is InChI=1S/C8H15NO2/c1-11-8(10)5-6-2-3-7(9)4-6/h6-7H,2-5,9H2,1H3/t6-,7+/m1/s1. The van der Waals surface area contributed by atoms with Gasteiger partial charge in [-0.3, -0.25) is 4.79 Å². The van der Waals surface area contributed by atoms with Gasteiger partial charge in [-0.25, -0.2) is 0 Å². The molecule has 2 atom stereocenters. The fourth-order valence-corrected chi connectivity index (χ4v) is 1.62. The molecule has 0 saturated heterocycles. The first-order valence-electron chi connectivity index (χ1n) is 4.04. The molecule has 1 aliphatic rings. The van der Waals surface area contributed by atoms with Crippen LogP contribution < -0.4 is 5.73 Å². The summed E-state index contributed by atoms with van der Waals surface area (Å²) in [4.78, 5) is 10.8. The Kier molecular flexibility index (Phi) is 2.88. The molecule has 0 aromatic rings. The lowest BCUT2D eigenvalue weighted by Crippen LogP contribution is -2.15. The van der Waals surface area contributed by atoms with Gasteiger partial charge in [-0.05, 0) is 25.2 Å². The highest BCUT2D eigenvalue weighted by Gasteiger charge is 2.23. The van der Waals surface area contributed by atoms with Gasteiger partial charge in [0, 0.05) is 12.5 Å². The molecule has 1 fully saturated rings. The van der Waals surface area contributed by atoms with Crippen molar-refractivity contribution in [2.75, 3.05) is 7.11 Å². The van der Waals surface area contributed by atoms with Crippen molar-refractivity contribution < 1.29 is 9.53 Å². The summed E-state index contributed by atoms with van der Waals surface area (Å²) in [6, 6.07) is 0.310. The van der Waals surface area contributed by atoms with E-state index in [1.54, 1.807) is 0 Å². The number of ether oxygens (including phenoxy) is 1. The quantitative estimate of drug-likeness (QED) is 0.599. The Labute approximate surface area is 66.9 Å². The van der Waals surface area contributed by atoms with E-state index in [1.807, 2.05) is 0 Å². The first-order valence-corrected chi connectivity index (χ1v) is 4.04. The number of hydrogen-bond acceptors (Lipinski definition) is 3. The van der Waals surface area contributed by atoms with E-state index in [0.29, 0.717) is 18.4 Å². The van der Waals surface area contributed by atoms with Crippen LogP contribution >= 0.6 is 0 Å². The molecule has 1 rings (SSSR count). The second kappa shape index (κ2) is 3.72. The Morgan fingerprint density at radius 3 is 2.82 bits per heavy atom. The van der Waals surface area contributed by atoms with Crippen LogP contribution in [0.4, 0.5) is 0 Å². The van der Waals surface area contributed by atoms with E-state index >= 15 is 0 Å². The van der Waals surface area contributed by atoms with Gasteiger partial charge in [-0.1, -0.05) is 0 Å². The molecule has 0 aliphatic heterocycles. The second-order valence-corrected chi connectivity index (χ2v) is 3.22. The fourth-order valence-electron chi connectivity index (χ4n) is 1.62. The minimum absolute atomic E-state index is 0.107. The molecule has 11 heavy (non-hydrogen) atoms. The average Bonchev–Trinajstić information content (AvgIpc) is 2.35. The average molecular weight is 157 g/mol. The van der Waals surface area contributed by atoms with Crippen molar-refractivity contribution in [3.05, 3.63) is 0 Å². The SMILES string of the molecule is COC(=O)C[C@@H]1CC[C@H](N)C1. The van der Waals surface area contributed by atoms with Gasteiger partial charge in [0.2, 0.25) is 0 Å². The predicted molar refractivity (Wildman–Crippen MR) is 41.9 cm³/mol. The summed E-state index contributed by atoms with van der Waals surface area (Å²) < 4.78 is 4.57. The molecular weight excluding hydrogens is 142 g/mol. The van der Waals surface area contributed by atoms with E-state index in [4.69, 9.17) is 5.73 Å². The molecule has 64 valence electrons. The molecule has 0 bridgehead atoms. The lowest BCUT2D eigenvalue weighted by molar-refractivity contribution is -0.141. The molecule has 2 N–H and O–H groups in total. The van der Waals surface area contributed by atoms with Crippen molar-refractivity contribution in [2.24, 2.45) is 11.7 Å². The van der Waals surface area contributed by atoms with E-state index in [0.717, 1.165) is 19.3 Å². The molecule has 0 spiro atoms. The van der Waals surface area contributed by atoms with Crippen LogP contribution in [0.3, 0.4) is 0 Å². The number of nitrogens with two attached hydrogens (primary N) is 1. The third-order valence-electron chi connectivity index (χ3n) is 2.26. The van der Waals surface area contributed by atoms with Gasteiger partial charge in [0.15, 0.2) is 0 Å². The number of methoxy groups -OCH3 is 1. The molecule has 0 unspecified atom stereocenters. The van der Waals surface area contributed by atoms with Gasteiger partial charge in [0.25, 0.3) is 0 Å². The Hall–Kier alpha value is -0.570.